The fourth-order valence-electron chi connectivity index (χ4n) is 2.61. The Labute approximate surface area is 156 Å². The van der Waals surface area contributed by atoms with E-state index in [1.807, 2.05) is 25.2 Å². The van der Waals surface area contributed by atoms with Crippen LogP contribution in [0.3, 0.4) is 0 Å². The van der Waals surface area contributed by atoms with Gasteiger partial charge in [-0.05, 0) is 24.1 Å². The van der Waals surface area contributed by atoms with Crippen LogP contribution in [0.2, 0.25) is 5.02 Å². The Hall–Kier alpha value is -2.58. The summed E-state index contributed by atoms with van der Waals surface area (Å²) in [6.45, 7) is 1.81. The van der Waals surface area contributed by atoms with Crippen molar-refractivity contribution in [2.75, 3.05) is 37.4 Å². The molecule has 1 aromatic carbocycles. The van der Waals surface area contributed by atoms with Crippen LogP contribution in [0.4, 0.5) is 11.8 Å². The molecule has 138 valence electrons. The van der Waals surface area contributed by atoms with Crippen LogP contribution in [0.5, 0.6) is 5.75 Å². The summed E-state index contributed by atoms with van der Waals surface area (Å²) in [4.78, 5) is 9.02. The number of halogens is 1. The van der Waals surface area contributed by atoms with Crippen LogP contribution in [-0.4, -0.2) is 46.5 Å². The van der Waals surface area contributed by atoms with Crippen molar-refractivity contribution in [1.82, 2.24) is 19.7 Å². The van der Waals surface area contributed by atoms with E-state index in [0.29, 0.717) is 36.4 Å². The molecule has 0 aliphatic rings. The highest BCUT2D eigenvalue weighted by Gasteiger charge is 2.11. The minimum atomic E-state index is 0.508. The number of aromatic nitrogens is 4. The molecule has 26 heavy (non-hydrogen) atoms. The van der Waals surface area contributed by atoms with Crippen molar-refractivity contribution in [2.24, 2.45) is 12.8 Å². The van der Waals surface area contributed by atoms with Crippen LogP contribution in [0.1, 0.15) is 5.56 Å². The summed E-state index contributed by atoms with van der Waals surface area (Å²) < 4.78 is 6.90. The van der Waals surface area contributed by atoms with E-state index in [1.54, 1.807) is 18.0 Å². The van der Waals surface area contributed by atoms with Crippen molar-refractivity contribution in [3.05, 3.63) is 35.0 Å². The van der Waals surface area contributed by atoms with Crippen LogP contribution in [0.25, 0.3) is 11.0 Å². The van der Waals surface area contributed by atoms with Gasteiger partial charge in [0.1, 0.15) is 11.6 Å². The second kappa shape index (κ2) is 8.20. The first-order valence-corrected chi connectivity index (χ1v) is 8.70. The van der Waals surface area contributed by atoms with E-state index in [-0.39, 0.29) is 0 Å². The second-order valence-electron chi connectivity index (χ2n) is 5.76. The van der Waals surface area contributed by atoms with Gasteiger partial charge in [-0.1, -0.05) is 17.7 Å². The molecule has 0 aliphatic carbocycles. The van der Waals surface area contributed by atoms with Gasteiger partial charge in [-0.25, -0.2) is 0 Å². The molecule has 0 saturated heterocycles. The number of rotatable bonds is 8. The lowest BCUT2D eigenvalue weighted by Crippen LogP contribution is -2.16. The van der Waals surface area contributed by atoms with E-state index in [1.165, 1.54) is 0 Å². The van der Waals surface area contributed by atoms with Gasteiger partial charge in [0.2, 0.25) is 5.95 Å². The van der Waals surface area contributed by atoms with E-state index in [0.717, 1.165) is 28.8 Å². The lowest BCUT2D eigenvalue weighted by atomic mass is 10.1. The lowest BCUT2D eigenvalue weighted by Gasteiger charge is -2.10. The third-order valence-corrected chi connectivity index (χ3v) is 4.24. The monoisotopic (exact) mass is 375 g/mol. The number of aryl methyl sites for hydroxylation is 1. The molecule has 3 rings (SSSR count). The van der Waals surface area contributed by atoms with Gasteiger partial charge in [0.25, 0.3) is 0 Å². The third kappa shape index (κ3) is 3.97. The van der Waals surface area contributed by atoms with E-state index < -0.39 is 0 Å². The van der Waals surface area contributed by atoms with Gasteiger partial charge >= 0.3 is 0 Å². The normalized spacial score (nSPS) is 10.9. The highest BCUT2D eigenvalue weighted by molar-refractivity contribution is 6.32. The molecule has 0 amide bonds. The fraction of sp³-hybridized carbons (Fsp3) is 0.353. The zero-order chi connectivity index (χ0) is 18.5. The largest absolute Gasteiger partial charge is 0.495 e. The average molecular weight is 376 g/mol. The second-order valence-corrected chi connectivity index (χ2v) is 6.17. The van der Waals surface area contributed by atoms with Crippen molar-refractivity contribution in [1.29, 1.82) is 0 Å². The van der Waals surface area contributed by atoms with Crippen molar-refractivity contribution in [3.63, 3.8) is 0 Å². The molecule has 2 heterocycles. The van der Waals surface area contributed by atoms with Crippen molar-refractivity contribution in [3.8, 4) is 5.75 Å². The first-order chi connectivity index (χ1) is 12.6. The fourth-order valence-corrected chi connectivity index (χ4v) is 2.89. The summed E-state index contributed by atoms with van der Waals surface area (Å²) >= 11 is 6.18. The van der Waals surface area contributed by atoms with Gasteiger partial charge in [-0.3, -0.25) is 4.68 Å². The molecule has 3 aromatic rings. The first-order valence-electron chi connectivity index (χ1n) is 8.32. The number of anilines is 2. The topological polar surface area (TPSA) is 103 Å². The number of ether oxygens (including phenoxy) is 1. The average Bonchev–Trinajstić information content (AvgIpc) is 3.01. The van der Waals surface area contributed by atoms with Crippen molar-refractivity contribution in [2.45, 2.75) is 6.42 Å². The molecule has 0 saturated carbocycles. The van der Waals surface area contributed by atoms with Crippen LogP contribution in [0.15, 0.2) is 24.4 Å². The zero-order valence-corrected chi connectivity index (χ0v) is 15.5. The Kier molecular flexibility index (Phi) is 5.75. The van der Waals surface area contributed by atoms with Crippen LogP contribution >= 0.6 is 11.6 Å². The van der Waals surface area contributed by atoms with E-state index in [4.69, 9.17) is 22.1 Å². The number of hydrogen-bond donors (Lipinski definition) is 3. The van der Waals surface area contributed by atoms with E-state index >= 15 is 0 Å². The maximum absolute atomic E-state index is 6.18. The molecule has 8 nitrogen and oxygen atoms in total. The molecule has 0 radical (unpaired) electrons. The third-order valence-electron chi connectivity index (χ3n) is 3.94. The van der Waals surface area contributed by atoms with Gasteiger partial charge in [0.15, 0.2) is 5.65 Å². The molecule has 2 aromatic heterocycles. The Morgan fingerprint density at radius 1 is 1.23 bits per heavy atom. The summed E-state index contributed by atoms with van der Waals surface area (Å²) in [5, 5.41) is 12.2. The summed E-state index contributed by atoms with van der Waals surface area (Å²) in [5.74, 6) is 1.94. The SMILES string of the molecule is COc1ccc(CCNc2nc(NCCN)nc3c2cnn3C)cc1Cl. The van der Waals surface area contributed by atoms with Gasteiger partial charge in [-0.15, -0.1) is 0 Å². The predicted molar refractivity (Wildman–Crippen MR) is 104 cm³/mol. The molecule has 0 fully saturated rings. The maximum atomic E-state index is 6.18. The van der Waals surface area contributed by atoms with Crippen LogP contribution in [-0.2, 0) is 13.5 Å². The molecular formula is C17H22ClN7O. The van der Waals surface area contributed by atoms with Gasteiger partial charge in [0.05, 0.1) is 23.7 Å². The standard InChI is InChI=1S/C17H22ClN7O/c1-25-16-12(10-22-25)15(23-17(24-16)21-8-6-19)20-7-5-11-3-4-14(26-2)13(18)9-11/h3-4,9-10H,5-8,19H2,1-2H3,(H2,20,21,23,24). The van der Waals surface area contributed by atoms with E-state index in [2.05, 4.69) is 25.7 Å². The number of nitrogens with zero attached hydrogens (tertiary/aromatic N) is 4. The molecule has 0 atom stereocenters. The molecule has 9 heteroatoms. The highest BCUT2D eigenvalue weighted by Crippen LogP contribution is 2.25. The van der Waals surface area contributed by atoms with Crippen molar-refractivity contribution >= 4 is 34.4 Å². The number of benzene rings is 1. The van der Waals surface area contributed by atoms with Crippen LogP contribution < -0.4 is 21.1 Å². The number of methoxy groups -OCH3 is 1. The molecule has 0 spiro atoms. The predicted octanol–water partition coefficient (Wildman–Crippen LogP) is 2.05. The van der Waals surface area contributed by atoms with Gasteiger partial charge in [0, 0.05) is 26.7 Å². The number of hydrogen-bond acceptors (Lipinski definition) is 7. The molecule has 0 unspecified atom stereocenters. The quantitative estimate of drug-likeness (QED) is 0.553. The molecule has 0 aliphatic heterocycles. The van der Waals surface area contributed by atoms with Gasteiger partial charge in [-0.2, -0.15) is 15.1 Å². The molecular weight excluding hydrogens is 354 g/mol. The van der Waals surface area contributed by atoms with E-state index in [9.17, 15) is 0 Å². The van der Waals surface area contributed by atoms with Gasteiger partial charge < -0.3 is 21.1 Å². The Balaban J connectivity index is 1.74. The summed E-state index contributed by atoms with van der Waals surface area (Å²) in [6, 6.07) is 5.78. The summed E-state index contributed by atoms with van der Waals surface area (Å²) in [5.41, 5.74) is 7.41. The highest BCUT2D eigenvalue weighted by atomic mass is 35.5. The van der Waals surface area contributed by atoms with Crippen LogP contribution in [0, 0.1) is 0 Å². The number of nitrogens with one attached hydrogen (secondary N) is 2. The number of fused-ring (bicyclic) bond motifs is 1. The first kappa shape index (κ1) is 18.2. The molecule has 4 N–H and O–H groups in total. The lowest BCUT2D eigenvalue weighted by molar-refractivity contribution is 0.415. The minimum Gasteiger partial charge on any atom is -0.495 e. The Bertz CT molecular complexity index is 896. The Morgan fingerprint density at radius 2 is 2.08 bits per heavy atom. The smallest absolute Gasteiger partial charge is 0.226 e. The summed E-state index contributed by atoms with van der Waals surface area (Å²) in [6.07, 6.45) is 2.55. The minimum absolute atomic E-state index is 0.508. The molecule has 0 bridgehead atoms. The zero-order valence-electron chi connectivity index (χ0n) is 14.8. The number of nitrogens with two attached hydrogens (primary N) is 1. The summed E-state index contributed by atoms with van der Waals surface area (Å²) in [7, 11) is 3.46. The van der Waals surface area contributed by atoms with Crippen molar-refractivity contribution < 1.29 is 4.74 Å². The Morgan fingerprint density at radius 3 is 2.81 bits per heavy atom. The maximum Gasteiger partial charge on any atom is 0.226 e.